The molecule has 17 heavy (non-hydrogen) atoms. The Morgan fingerprint density at radius 2 is 2.41 bits per heavy atom. The second-order valence-corrected chi connectivity index (χ2v) is 4.63. The molecular formula is C11H11N5S. The van der Waals surface area contributed by atoms with Crippen molar-refractivity contribution in [2.45, 2.75) is 6.42 Å². The zero-order valence-electron chi connectivity index (χ0n) is 9.08. The first-order valence-corrected chi connectivity index (χ1v) is 6.22. The third-order valence-electron chi connectivity index (χ3n) is 2.46. The van der Waals surface area contributed by atoms with Crippen molar-refractivity contribution in [3.05, 3.63) is 41.1 Å². The Hall–Kier alpha value is -1.95. The smallest absolute Gasteiger partial charge is 0.203 e. The largest absolute Gasteiger partial charge is 0.367 e. The first-order valence-electron chi connectivity index (χ1n) is 5.34. The molecule has 0 spiro atoms. The summed E-state index contributed by atoms with van der Waals surface area (Å²) >= 11 is 1.77. The lowest BCUT2D eigenvalue weighted by molar-refractivity contribution is 1.02. The van der Waals surface area contributed by atoms with Crippen molar-refractivity contribution in [3.63, 3.8) is 0 Å². The van der Waals surface area contributed by atoms with E-state index in [0.29, 0.717) is 0 Å². The molecule has 3 aromatic rings. The Kier molecular flexibility index (Phi) is 2.71. The molecule has 3 aromatic heterocycles. The van der Waals surface area contributed by atoms with E-state index in [4.69, 9.17) is 0 Å². The maximum absolute atomic E-state index is 4.27. The van der Waals surface area contributed by atoms with Crippen LogP contribution in [0.15, 0.2) is 36.2 Å². The summed E-state index contributed by atoms with van der Waals surface area (Å²) in [5.74, 6) is 0.779. The lowest BCUT2D eigenvalue weighted by atomic mass is 10.3. The van der Waals surface area contributed by atoms with Crippen LogP contribution in [0.1, 0.15) is 4.88 Å². The number of nitrogens with one attached hydrogen (secondary N) is 1. The van der Waals surface area contributed by atoms with Gasteiger partial charge in [0.1, 0.15) is 6.33 Å². The van der Waals surface area contributed by atoms with Crippen LogP contribution in [0.25, 0.3) is 5.65 Å². The summed E-state index contributed by atoms with van der Waals surface area (Å²) in [4.78, 5) is 5.63. The summed E-state index contributed by atoms with van der Waals surface area (Å²) in [7, 11) is 0. The van der Waals surface area contributed by atoms with Crippen LogP contribution >= 0.6 is 11.3 Å². The van der Waals surface area contributed by atoms with Gasteiger partial charge < -0.3 is 5.32 Å². The molecule has 0 saturated carbocycles. The van der Waals surface area contributed by atoms with Crippen LogP contribution in [0.5, 0.6) is 0 Å². The third-order valence-corrected chi connectivity index (χ3v) is 3.40. The van der Waals surface area contributed by atoms with Crippen LogP contribution in [-0.4, -0.2) is 26.1 Å². The second-order valence-electron chi connectivity index (χ2n) is 3.59. The minimum Gasteiger partial charge on any atom is -0.367 e. The Bertz CT molecular complexity index is 601. The highest BCUT2D eigenvalue weighted by Gasteiger charge is 2.03. The van der Waals surface area contributed by atoms with E-state index in [9.17, 15) is 0 Å². The van der Waals surface area contributed by atoms with Crippen molar-refractivity contribution < 1.29 is 0 Å². The molecule has 0 bridgehead atoms. The lowest BCUT2D eigenvalue weighted by Gasteiger charge is -2.04. The second kappa shape index (κ2) is 4.50. The fourth-order valence-corrected chi connectivity index (χ4v) is 2.35. The standard InChI is InChI=1S/C11H11N5S/c1-2-9(17-7-1)3-4-12-10-11-15-14-8-16(11)6-5-13-10/h1-2,5-8H,3-4H2,(H,12,13). The van der Waals surface area contributed by atoms with Gasteiger partial charge in [0.05, 0.1) is 0 Å². The Morgan fingerprint density at radius 3 is 3.29 bits per heavy atom. The van der Waals surface area contributed by atoms with Gasteiger partial charge in [0, 0.05) is 23.8 Å². The summed E-state index contributed by atoms with van der Waals surface area (Å²) < 4.78 is 1.85. The van der Waals surface area contributed by atoms with Crippen LogP contribution in [0.2, 0.25) is 0 Å². The van der Waals surface area contributed by atoms with Crippen molar-refractivity contribution in [1.29, 1.82) is 0 Å². The van der Waals surface area contributed by atoms with Crippen LogP contribution in [0.4, 0.5) is 5.82 Å². The number of hydrogen-bond acceptors (Lipinski definition) is 5. The highest BCUT2D eigenvalue weighted by Crippen LogP contribution is 2.12. The molecule has 0 atom stereocenters. The van der Waals surface area contributed by atoms with E-state index in [-0.39, 0.29) is 0 Å². The zero-order valence-corrected chi connectivity index (χ0v) is 9.89. The topological polar surface area (TPSA) is 55.1 Å². The summed E-state index contributed by atoms with van der Waals surface area (Å²) in [6.45, 7) is 0.847. The quantitative estimate of drug-likeness (QED) is 0.762. The van der Waals surface area contributed by atoms with Gasteiger partial charge in [-0.3, -0.25) is 4.40 Å². The molecule has 0 radical (unpaired) electrons. The van der Waals surface area contributed by atoms with Gasteiger partial charge in [0.25, 0.3) is 0 Å². The van der Waals surface area contributed by atoms with Gasteiger partial charge in [0.15, 0.2) is 5.82 Å². The molecule has 3 rings (SSSR count). The number of aromatic nitrogens is 4. The van der Waals surface area contributed by atoms with Gasteiger partial charge in [-0.15, -0.1) is 21.5 Å². The van der Waals surface area contributed by atoms with Gasteiger partial charge in [-0.05, 0) is 17.9 Å². The first-order chi connectivity index (χ1) is 8.43. The van der Waals surface area contributed by atoms with E-state index >= 15 is 0 Å². The molecule has 6 heteroatoms. The van der Waals surface area contributed by atoms with Gasteiger partial charge in [-0.2, -0.15) is 0 Å². The number of nitrogens with zero attached hydrogens (tertiary/aromatic N) is 4. The average Bonchev–Trinajstić information content (AvgIpc) is 2.99. The molecule has 86 valence electrons. The molecule has 0 aliphatic heterocycles. The molecule has 0 saturated heterocycles. The third kappa shape index (κ3) is 2.12. The molecule has 0 aromatic carbocycles. The molecule has 0 fully saturated rings. The van der Waals surface area contributed by atoms with Crippen LogP contribution in [0.3, 0.4) is 0 Å². The molecule has 0 aliphatic rings. The summed E-state index contributed by atoms with van der Waals surface area (Å²) in [5, 5.41) is 13.3. The Balaban J connectivity index is 1.70. The highest BCUT2D eigenvalue weighted by atomic mass is 32.1. The van der Waals surface area contributed by atoms with Gasteiger partial charge >= 0.3 is 0 Å². The SMILES string of the molecule is c1csc(CCNc2nccn3cnnc23)c1. The predicted octanol–water partition coefficient (Wildman–Crippen LogP) is 1.84. The number of thiophene rings is 1. The number of fused-ring (bicyclic) bond motifs is 1. The lowest BCUT2D eigenvalue weighted by Crippen LogP contribution is -2.07. The van der Waals surface area contributed by atoms with Crippen molar-refractivity contribution in [2.24, 2.45) is 0 Å². The van der Waals surface area contributed by atoms with Crippen LogP contribution < -0.4 is 5.32 Å². The molecule has 0 amide bonds. The van der Waals surface area contributed by atoms with Crippen LogP contribution in [0, 0.1) is 0 Å². The fourth-order valence-electron chi connectivity index (χ4n) is 1.64. The Morgan fingerprint density at radius 1 is 1.41 bits per heavy atom. The molecule has 0 aliphatic carbocycles. The maximum Gasteiger partial charge on any atom is 0.203 e. The zero-order chi connectivity index (χ0) is 11.5. The maximum atomic E-state index is 4.27. The summed E-state index contributed by atoms with van der Waals surface area (Å²) in [6, 6.07) is 4.20. The predicted molar refractivity (Wildman–Crippen MR) is 67.3 cm³/mol. The minimum absolute atomic E-state index is 0.763. The minimum atomic E-state index is 0.763. The molecule has 5 nitrogen and oxygen atoms in total. The van der Waals surface area contributed by atoms with Gasteiger partial charge in [-0.1, -0.05) is 6.07 Å². The Labute approximate surface area is 102 Å². The number of rotatable bonds is 4. The molecular weight excluding hydrogens is 234 g/mol. The monoisotopic (exact) mass is 245 g/mol. The fraction of sp³-hybridized carbons (Fsp3) is 0.182. The van der Waals surface area contributed by atoms with Gasteiger partial charge in [-0.25, -0.2) is 4.98 Å². The van der Waals surface area contributed by atoms with Gasteiger partial charge in [0.2, 0.25) is 5.65 Å². The molecule has 0 unspecified atom stereocenters. The van der Waals surface area contributed by atoms with E-state index in [1.165, 1.54) is 4.88 Å². The van der Waals surface area contributed by atoms with Crippen molar-refractivity contribution in [2.75, 3.05) is 11.9 Å². The normalized spacial score (nSPS) is 10.8. The number of anilines is 1. The van der Waals surface area contributed by atoms with E-state index in [1.54, 1.807) is 23.9 Å². The average molecular weight is 245 g/mol. The highest BCUT2D eigenvalue weighted by molar-refractivity contribution is 7.09. The summed E-state index contributed by atoms with van der Waals surface area (Å²) in [5.41, 5.74) is 0.763. The van der Waals surface area contributed by atoms with E-state index in [1.807, 2.05) is 10.6 Å². The van der Waals surface area contributed by atoms with E-state index < -0.39 is 0 Å². The molecule has 3 heterocycles. The van der Waals surface area contributed by atoms with Crippen molar-refractivity contribution in [1.82, 2.24) is 19.6 Å². The van der Waals surface area contributed by atoms with E-state index in [0.717, 1.165) is 24.4 Å². The summed E-state index contributed by atoms with van der Waals surface area (Å²) in [6.07, 6.45) is 6.24. The van der Waals surface area contributed by atoms with Crippen molar-refractivity contribution >= 4 is 22.8 Å². The number of hydrogen-bond donors (Lipinski definition) is 1. The van der Waals surface area contributed by atoms with Crippen LogP contribution in [-0.2, 0) is 6.42 Å². The molecule has 1 N–H and O–H groups in total. The van der Waals surface area contributed by atoms with E-state index in [2.05, 4.69) is 38.0 Å². The van der Waals surface area contributed by atoms with Crippen molar-refractivity contribution in [3.8, 4) is 0 Å². The first kappa shape index (κ1) is 10.2.